The summed E-state index contributed by atoms with van der Waals surface area (Å²) in [5.74, 6) is -1.64. The molecule has 0 saturated carbocycles. The van der Waals surface area contributed by atoms with Crippen molar-refractivity contribution in [3.05, 3.63) is 95.6 Å². The van der Waals surface area contributed by atoms with Gasteiger partial charge in [0, 0.05) is 12.0 Å². The molecule has 0 aromatic heterocycles. The van der Waals surface area contributed by atoms with Crippen LogP contribution in [0, 0.1) is 11.8 Å². The van der Waals surface area contributed by atoms with E-state index in [4.69, 9.17) is 4.74 Å². The third-order valence-electron chi connectivity index (χ3n) is 7.68. The lowest BCUT2D eigenvalue weighted by Gasteiger charge is -2.31. The van der Waals surface area contributed by atoms with Crippen LogP contribution in [-0.4, -0.2) is 52.3 Å². The zero-order valence-corrected chi connectivity index (χ0v) is 22.4. The van der Waals surface area contributed by atoms with Crippen molar-refractivity contribution in [1.29, 1.82) is 0 Å². The van der Waals surface area contributed by atoms with Crippen LogP contribution in [-0.2, 0) is 16.0 Å². The van der Waals surface area contributed by atoms with Crippen molar-refractivity contribution in [2.45, 2.75) is 45.7 Å². The Morgan fingerprint density at radius 2 is 1.38 bits per heavy atom. The van der Waals surface area contributed by atoms with Crippen molar-refractivity contribution in [2.24, 2.45) is 11.8 Å². The van der Waals surface area contributed by atoms with E-state index in [9.17, 15) is 19.2 Å². The van der Waals surface area contributed by atoms with Crippen LogP contribution < -0.4 is 0 Å². The molecule has 4 amide bonds. The van der Waals surface area contributed by atoms with Gasteiger partial charge in [-0.1, -0.05) is 87.5 Å². The third-order valence-corrected chi connectivity index (χ3v) is 7.68. The van der Waals surface area contributed by atoms with E-state index in [1.807, 2.05) is 68.4 Å². The maximum absolute atomic E-state index is 13.5. The molecule has 1 saturated heterocycles. The molecule has 0 aliphatic carbocycles. The quantitative estimate of drug-likeness (QED) is 0.359. The summed E-state index contributed by atoms with van der Waals surface area (Å²) < 4.78 is 5.18. The molecule has 0 radical (unpaired) electrons. The molecule has 3 aromatic carbocycles. The van der Waals surface area contributed by atoms with E-state index in [-0.39, 0.29) is 42.7 Å². The van der Waals surface area contributed by atoms with E-state index < -0.39 is 18.1 Å². The summed E-state index contributed by atoms with van der Waals surface area (Å²) in [6.45, 7) is 5.80. The van der Waals surface area contributed by atoms with Gasteiger partial charge in [-0.3, -0.25) is 19.3 Å². The molecule has 2 unspecified atom stereocenters. The van der Waals surface area contributed by atoms with Crippen LogP contribution in [0.1, 0.15) is 53.5 Å². The molecular formula is C32H32N2O5. The zero-order valence-electron chi connectivity index (χ0n) is 22.4. The Hall–Kier alpha value is -4.26. The number of hydrogen-bond acceptors (Lipinski definition) is 5. The van der Waals surface area contributed by atoms with Gasteiger partial charge in [-0.05, 0) is 47.6 Å². The van der Waals surface area contributed by atoms with Gasteiger partial charge in [-0.15, -0.1) is 0 Å². The second-order valence-electron chi connectivity index (χ2n) is 10.7. The molecule has 2 aliphatic rings. The SMILES string of the molecule is CC(C)C1COC(=O)N1C(=O)[C@H](C)CC(Cc1ccc(-c2ccccc2)cc1)N1C(=O)c2ccccc2C1=O. The molecule has 2 heterocycles. The first-order valence-electron chi connectivity index (χ1n) is 13.4. The first-order valence-corrected chi connectivity index (χ1v) is 13.4. The van der Waals surface area contributed by atoms with E-state index in [2.05, 4.69) is 0 Å². The Bertz CT molecular complexity index is 1360. The minimum absolute atomic E-state index is 0.0442. The number of carbonyl (C=O) groups excluding carboxylic acids is 4. The van der Waals surface area contributed by atoms with Crippen molar-refractivity contribution >= 4 is 23.8 Å². The number of cyclic esters (lactones) is 1. The third kappa shape index (κ3) is 5.09. The Kier molecular flexibility index (Phi) is 7.33. The number of amides is 4. The molecule has 3 aromatic rings. The highest BCUT2D eigenvalue weighted by Crippen LogP contribution is 2.31. The Morgan fingerprint density at radius 1 is 0.821 bits per heavy atom. The van der Waals surface area contributed by atoms with E-state index in [0.717, 1.165) is 16.7 Å². The largest absolute Gasteiger partial charge is 0.447 e. The summed E-state index contributed by atoms with van der Waals surface area (Å²) in [6.07, 6.45) is -0.0328. The number of imide groups is 2. The Morgan fingerprint density at radius 3 is 1.97 bits per heavy atom. The van der Waals surface area contributed by atoms with E-state index in [1.54, 1.807) is 31.2 Å². The molecule has 39 heavy (non-hydrogen) atoms. The second kappa shape index (κ2) is 10.8. The van der Waals surface area contributed by atoms with E-state index in [0.29, 0.717) is 17.5 Å². The van der Waals surface area contributed by atoms with Gasteiger partial charge >= 0.3 is 6.09 Å². The van der Waals surface area contributed by atoms with Crippen LogP contribution in [0.2, 0.25) is 0 Å². The number of ether oxygens (including phenoxy) is 1. The van der Waals surface area contributed by atoms with Crippen LogP contribution >= 0.6 is 0 Å². The van der Waals surface area contributed by atoms with Gasteiger partial charge in [-0.2, -0.15) is 0 Å². The standard InChI is InChI=1S/C32H32N2O5/c1-20(2)28-19-39-32(38)34(28)29(35)21(3)17-25(33-30(36)26-11-7-8-12-27(26)31(33)37)18-22-13-15-24(16-14-22)23-9-5-4-6-10-23/h4-16,20-21,25,28H,17-19H2,1-3H3/t21-,25?,28?/m1/s1. The molecule has 7 nitrogen and oxygen atoms in total. The number of fused-ring (bicyclic) bond motifs is 1. The van der Waals surface area contributed by atoms with Crippen molar-refractivity contribution < 1.29 is 23.9 Å². The molecule has 0 N–H and O–H groups in total. The average Bonchev–Trinajstić information content (AvgIpc) is 3.45. The van der Waals surface area contributed by atoms with Crippen LogP contribution in [0.5, 0.6) is 0 Å². The van der Waals surface area contributed by atoms with Crippen molar-refractivity contribution in [2.75, 3.05) is 6.61 Å². The van der Waals surface area contributed by atoms with Gasteiger partial charge in [0.2, 0.25) is 5.91 Å². The summed E-state index contributed by atoms with van der Waals surface area (Å²) >= 11 is 0. The van der Waals surface area contributed by atoms with Crippen molar-refractivity contribution in [3.8, 4) is 11.1 Å². The monoisotopic (exact) mass is 524 g/mol. The maximum atomic E-state index is 13.5. The van der Waals surface area contributed by atoms with Crippen LogP contribution in [0.4, 0.5) is 4.79 Å². The molecular weight excluding hydrogens is 492 g/mol. The smallest absolute Gasteiger partial charge is 0.416 e. The Balaban J connectivity index is 1.42. The maximum Gasteiger partial charge on any atom is 0.416 e. The topological polar surface area (TPSA) is 84.0 Å². The minimum Gasteiger partial charge on any atom is -0.447 e. The highest BCUT2D eigenvalue weighted by molar-refractivity contribution is 6.21. The first-order chi connectivity index (χ1) is 18.8. The molecule has 0 spiro atoms. The molecule has 0 bridgehead atoms. The number of hydrogen-bond donors (Lipinski definition) is 0. The lowest BCUT2D eigenvalue weighted by Crippen LogP contribution is -2.47. The first kappa shape index (κ1) is 26.4. The van der Waals surface area contributed by atoms with Crippen LogP contribution in [0.15, 0.2) is 78.9 Å². The van der Waals surface area contributed by atoms with Gasteiger partial charge in [0.25, 0.3) is 11.8 Å². The molecule has 5 rings (SSSR count). The summed E-state index contributed by atoms with van der Waals surface area (Å²) in [5.41, 5.74) is 3.84. The molecule has 7 heteroatoms. The number of benzene rings is 3. The molecule has 1 fully saturated rings. The number of nitrogens with zero attached hydrogens (tertiary/aromatic N) is 2. The summed E-state index contributed by atoms with van der Waals surface area (Å²) in [4.78, 5) is 55.3. The summed E-state index contributed by atoms with van der Waals surface area (Å²) in [7, 11) is 0. The fourth-order valence-corrected chi connectivity index (χ4v) is 5.48. The predicted molar refractivity (Wildman–Crippen MR) is 147 cm³/mol. The second-order valence-corrected chi connectivity index (χ2v) is 10.7. The number of carbonyl (C=O) groups is 4. The van der Waals surface area contributed by atoms with Crippen LogP contribution in [0.25, 0.3) is 11.1 Å². The highest BCUT2D eigenvalue weighted by Gasteiger charge is 2.44. The number of rotatable bonds is 8. The van der Waals surface area contributed by atoms with Gasteiger partial charge in [-0.25, -0.2) is 9.69 Å². The Labute approximate surface area is 228 Å². The van der Waals surface area contributed by atoms with Gasteiger partial charge in [0.15, 0.2) is 0 Å². The fourth-order valence-electron chi connectivity index (χ4n) is 5.48. The molecule has 200 valence electrons. The van der Waals surface area contributed by atoms with Gasteiger partial charge in [0.05, 0.1) is 17.2 Å². The van der Waals surface area contributed by atoms with Gasteiger partial charge < -0.3 is 4.74 Å². The summed E-state index contributed by atoms with van der Waals surface area (Å²) in [5, 5.41) is 0. The lowest BCUT2D eigenvalue weighted by atomic mass is 9.92. The van der Waals surface area contributed by atoms with Crippen LogP contribution in [0.3, 0.4) is 0 Å². The molecule has 3 atom stereocenters. The summed E-state index contributed by atoms with van der Waals surface area (Å²) in [6, 6.07) is 23.9. The average molecular weight is 525 g/mol. The molecule has 2 aliphatic heterocycles. The van der Waals surface area contributed by atoms with Crippen molar-refractivity contribution in [3.63, 3.8) is 0 Å². The predicted octanol–water partition coefficient (Wildman–Crippen LogP) is 5.59. The van der Waals surface area contributed by atoms with Crippen molar-refractivity contribution in [1.82, 2.24) is 9.80 Å². The zero-order chi connectivity index (χ0) is 27.7. The minimum atomic E-state index is -0.640. The normalized spacial score (nSPS) is 18.4. The lowest BCUT2D eigenvalue weighted by molar-refractivity contribution is -0.134. The highest BCUT2D eigenvalue weighted by atomic mass is 16.6. The fraction of sp³-hybridized carbons (Fsp3) is 0.312. The van der Waals surface area contributed by atoms with Gasteiger partial charge in [0.1, 0.15) is 6.61 Å². The van der Waals surface area contributed by atoms with E-state index in [1.165, 1.54) is 9.80 Å². The van der Waals surface area contributed by atoms with E-state index >= 15 is 0 Å².